The minimum Gasteiger partial charge on any atom is -0.504 e. The average molecular weight is 302 g/mol. The summed E-state index contributed by atoms with van der Waals surface area (Å²) in [6, 6.07) is 19.4. The first-order valence-electron chi connectivity index (χ1n) is 7.26. The Bertz CT molecular complexity index is 926. The standard InChI is InChI=1S/C18H14N4O/c23-17-15(13-9-5-2-6-10-13)21-22-16(17)18-19-11-14(20-18)12-7-3-1-4-8-12/h1-11,23H,(H,19,20)(H,21,22). The minimum absolute atomic E-state index is 0.0881. The molecule has 3 N–H and O–H groups in total. The average Bonchev–Trinajstić information content (AvgIpc) is 3.23. The lowest BCUT2D eigenvalue weighted by Gasteiger charge is -1.98. The summed E-state index contributed by atoms with van der Waals surface area (Å²) in [6.07, 6.45) is 1.74. The van der Waals surface area contributed by atoms with Gasteiger partial charge in [0.25, 0.3) is 0 Å². The highest BCUT2D eigenvalue weighted by atomic mass is 16.3. The van der Waals surface area contributed by atoms with Crippen LogP contribution in [0.15, 0.2) is 66.9 Å². The van der Waals surface area contributed by atoms with E-state index in [9.17, 15) is 5.11 Å². The quantitative estimate of drug-likeness (QED) is 0.538. The van der Waals surface area contributed by atoms with Crippen LogP contribution in [0.4, 0.5) is 0 Å². The molecular weight excluding hydrogens is 288 g/mol. The van der Waals surface area contributed by atoms with Gasteiger partial charge in [-0.25, -0.2) is 4.98 Å². The summed E-state index contributed by atoms with van der Waals surface area (Å²) in [6.45, 7) is 0. The molecule has 2 aromatic heterocycles. The van der Waals surface area contributed by atoms with Crippen LogP contribution in [0.3, 0.4) is 0 Å². The van der Waals surface area contributed by atoms with Crippen LogP contribution >= 0.6 is 0 Å². The van der Waals surface area contributed by atoms with Crippen molar-refractivity contribution in [2.24, 2.45) is 0 Å². The van der Waals surface area contributed by atoms with Gasteiger partial charge in [0.15, 0.2) is 11.6 Å². The molecule has 0 amide bonds. The number of H-pyrrole nitrogens is 2. The second-order valence-electron chi connectivity index (χ2n) is 5.17. The SMILES string of the molecule is Oc1c(-c2ccccc2)n[nH]c1-c1ncc(-c2ccccc2)[nH]1. The Kier molecular flexibility index (Phi) is 3.16. The predicted molar refractivity (Wildman–Crippen MR) is 88.7 cm³/mol. The fraction of sp³-hybridized carbons (Fsp3) is 0. The van der Waals surface area contributed by atoms with Gasteiger partial charge in [0, 0.05) is 5.56 Å². The van der Waals surface area contributed by atoms with Crippen molar-refractivity contribution in [3.63, 3.8) is 0 Å². The number of aromatic nitrogens is 4. The highest BCUT2D eigenvalue weighted by Crippen LogP contribution is 2.35. The number of nitrogens with one attached hydrogen (secondary N) is 2. The molecule has 0 fully saturated rings. The van der Waals surface area contributed by atoms with Crippen LogP contribution in [-0.2, 0) is 0 Å². The number of aromatic hydroxyl groups is 1. The number of imidazole rings is 1. The fourth-order valence-corrected chi connectivity index (χ4v) is 2.51. The molecule has 0 radical (unpaired) electrons. The summed E-state index contributed by atoms with van der Waals surface area (Å²) in [7, 11) is 0. The zero-order chi connectivity index (χ0) is 15.6. The van der Waals surface area contributed by atoms with E-state index in [-0.39, 0.29) is 5.75 Å². The molecule has 4 rings (SSSR count). The van der Waals surface area contributed by atoms with Gasteiger partial charge in [0.2, 0.25) is 0 Å². The number of hydrogen-bond donors (Lipinski definition) is 3. The lowest BCUT2D eigenvalue weighted by Crippen LogP contribution is -1.82. The van der Waals surface area contributed by atoms with Crippen LogP contribution in [0.25, 0.3) is 34.0 Å². The summed E-state index contributed by atoms with van der Waals surface area (Å²) in [5, 5.41) is 17.5. The Morgan fingerprint density at radius 2 is 1.48 bits per heavy atom. The molecule has 0 bridgehead atoms. The highest BCUT2D eigenvalue weighted by molar-refractivity contribution is 5.75. The Morgan fingerprint density at radius 3 is 2.17 bits per heavy atom. The molecule has 0 aliphatic heterocycles. The molecule has 5 nitrogen and oxygen atoms in total. The van der Waals surface area contributed by atoms with Crippen molar-refractivity contribution >= 4 is 0 Å². The van der Waals surface area contributed by atoms with Gasteiger partial charge < -0.3 is 10.1 Å². The number of rotatable bonds is 3. The number of hydrogen-bond acceptors (Lipinski definition) is 3. The third-order valence-corrected chi connectivity index (χ3v) is 3.69. The van der Waals surface area contributed by atoms with E-state index in [1.165, 1.54) is 0 Å². The van der Waals surface area contributed by atoms with E-state index < -0.39 is 0 Å². The van der Waals surface area contributed by atoms with E-state index in [1.54, 1.807) is 6.20 Å². The van der Waals surface area contributed by atoms with E-state index in [0.29, 0.717) is 17.2 Å². The molecule has 0 aliphatic rings. The molecule has 112 valence electrons. The minimum atomic E-state index is 0.0881. The zero-order valence-corrected chi connectivity index (χ0v) is 12.2. The van der Waals surface area contributed by atoms with Crippen molar-refractivity contribution in [1.82, 2.24) is 20.2 Å². The lowest BCUT2D eigenvalue weighted by atomic mass is 10.1. The van der Waals surface area contributed by atoms with E-state index in [2.05, 4.69) is 20.2 Å². The molecule has 23 heavy (non-hydrogen) atoms. The first kappa shape index (κ1) is 13.3. The molecule has 2 aromatic carbocycles. The normalized spacial score (nSPS) is 10.8. The van der Waals surface area contributed by atoms with E-state index >= 15 is 0 Å². The van der Waals surface area contributed by atoms with E-state index in [1.807, 2.05) is 60.7 Å². The van der Waals surface area contributed by atoms with Crippen LogP contribution in [0.1, 0.15) is 0 Å². The molecule has 0 unspecified atom stereocenters. The Morgan fingerprint density at radius 1 is 0.826 bits per heavy atom. The smallest absolute Gasteiger partial charge is 0.172 e. The van der Waals surface area contributed by atoms with Gasteiger partial charge in [-0.1, -0.05) is 60.7 Å². The number of aromatic amines is 2. The van der Waals surface area contributed by atoms with Gasteiger partial charge in [-0.3, -0.25) is 5.10 Å². The number of benzene rings is 2. The third kappa shape index (κ3) is 2.38. The van der Waals surface area contributed by atoms with Crippen LogP contribution < -0.4 is 0 Å². The lowest BCUT2D eigenvalue weighted by molar-refractivity contribution is 0.479. The first-order valence-corrected chi connectivity index (χ1v) is 7.26. The molecule has 0 aliphatic carbocycles. The van der Waals surface area contributed by atoms with Crippen LogP contribution in [0.5, 0.6) is 5.75 Å². The van der Waals surface area contributed by atoms with Gasteiger partial charge in [0.05, 0.1) is 11.9 Å². The molecule has 0 saturated carbocycles. The van der Waals surface area contributed by atoms with Crippen LogP contribution in [0.2, 0.25) is 0 Å². The molecule has 0 atom stereocenters. The second-order valence-corrected chi connectivity index (χ2v) is 5.17. The summed E-state index contributed by atoms with van der Waals surface area (Å²) in [5.41, 5.74) is 3.76. The van der Waals surface area contributed by atoms with Gasteiger partial charge in [0.1, 0.15) is 11.4 Å². The molecule has 2 heterocycles. The molecule has 4 aromatic rings. The van der Waals surface area contributed by atoms with Gasteiger partial charge in [-0.05, 0) is 5.56 Å². The maximum absolute atomic E-state index is 10.5. The maximum Gasteiger partial charge on any atom is 0.172 e. The van der Waals surface area contributed by atoms with Crippen molar-refractivity contribution < 1.29 is 5.11 Å². The van der Waals surface area contributed by atoms with Crippen molar-refractivity contribution in [3.05, 3.63) is 66.9 Å². The van der Waals surface area contributed by atoms with Gasteiger partial charge >= 0.3 is 0 Å². The van der Waals surface area contributed by atoms with E-state index in [4.69, 9.17) is 0 Å². The van der Waals surface area contributed by atoms with Crippen molar-refractivity contribution in [1.29, 1.82) is 0 Å². The first-order chi connectivity index (χ1) is 11.3. The molecule has 0 saturated heterocycles. The summed E-state index contributed by atoms with van der Waals surface area (Å²) >= 11 is 0. The second kappa shape index (κ2) is 5.46. The molecular formula is C18H14N4O. The van der Waals surface area contributed by atoms with Gasteiger partial charge in [-0.15, -0.1) is 0 Å². The summed E-state index contributed by atoms with van der Waals surface area (Å²) in [4.78, 5) is 7.55. The molecule has 5 heteroatoms. The summed E-state index contributed by atoms with van der Waals surface area (Å²) in [5.74, 6) is 0.640. The van der Waals surface area contributed by atoms with Crippen LogP contribution in [-0.4, -0.2) is 25.3 Å². The Hall–Kier alpha value is -3.34. The van der Waals surface area contributed by atoms with Crippen molar-refractivity contribution in [2.75, 3.05) is 0 Å². The molecule has 0 spiro atoms. The van der Waals surface area contributed by atoms with Crippen LogP contribution in [0, 0.1) is 0 Å². The predicted octanol–water partition coefficient (Wildman–Crippen LogP) is 3.84. The van der Waals surface area contributed by atoms with Crippen molar-refractivity contribution in [2.45, 2.75) is 0 Å². The van der Waals surface area contributed by atoms with Gasteiger partial charge in [-0.2, -0.15) is 5.10 Å². The van der Waals surface area contributed by atoms with E-state index in [0.717, 1.165) is 16.8 Å². The highest BCUT2D eigenvalue weighted by Gasteiger charge is 2.17. The monoisotopic (exact) mass is 302 g/mol. The maximum atomic E-state index is 10.5. The Balaban J connectivity index is 1.73. The Labute approximate surface area is 132 Å². The zero-order valence-electron chi connectivity index (χ0n) is 12.2. The third-order valence-electron chi connectivity index (χ3n) is 3.69. The topological polar surface area (TPSA) is 77.6 Å². The largest absolute Gasteiger partial charge is 0.504 e. The fourth-order valence-electron chi connectivity index (χ4n) is 2.51. The number of nitrogens with zero attached hydrogens (tertiary/aromatic N) is 2. The van der Waals surface area contributed by atoms with Crippen molar-refractivity contribution in [3.8, 4) is 39.8 Å². The summed E-state index contributed by atoms with van der Waals surface area (Å²) < 4.78 is 0.